The zero-order valence-electron chi connectivity index (χ0n) is 12.8. The predicted molar refractivity (Wildman–Crippen MR) is 82.6 cm³/mol. The van der Waals surface area contributed by atoms with Crippen molar-refractivity contribution in [2.45, 2.75) is 38.1 Å². The zero-order valence-corrected chi connectivity index (χ0v) is 14.5. The Bertz CT molecular complexity index is 621. The van der Waals surface area contributed by atoms with Crippen LogP contribution in [0.4, 0.5) is 0 Å². The molecule has 21 heavy (non-hydrogen) atoms. The number of carboxylic acid groups (broad SMARTS) is 1. The Kier molecular flexibility index (Phi) is 5.89. The first-order chi connectivity index (χ1) is 9.68. The first kappa shape index (κ1) is 18.1. The highest BCUT2D eigenvalue weighted by Crippen LogP contribution is 2.30. The summed E-state index contributed by atoms with van der Waals surface area (Å²) in [7, 11) is -2.43. The Morgan fingerprint density at radius 1 is 1.38 bits per heavy atom. The van der Waals surface area contributed by atoms with E-state index in [9.17, 15) is 18.3 Å². The molecular formula is C13H21NO5S2. The maximum Gasteiger partial charge on any atom is 0.340 e. The van der Waals surface area contributed by atoms with Gasteiger partial charge in [0, 0.05) is 18.8 Å². The van der Waals surface area contributed by atoms with Gasteiger partial charge in [-0.25, -0.2) is 13.2 Å². The molecule has 1 atom stereocenters. The van der Waals surface area contributed by atoms with Crippen LogP contribution in [-0.4, -0.2) is 48.9 Å². The third-order valence-corrected chi connectivity index (χ3v) is 6.18. The highest BCUT2D eigenvalue weighted by atomic mass is 32.2. The largest absolute Gasteiger partial charge is 0.478 e. The molecule has 0 aromatic carbocycles. The van der Waals surface area contributed by atoms with E-state index >= 15 is 0 Å². The number of nitrogens with zero attached hydrogens (tertiary/aromatic N) is 1. The summed E-state index contributed by atoms with van der Waals surface area (Å²) in [6.07, 6.45) is 2.55. The smallest absolute Gasteiger partial charge is 0.340 e. The van der Waals surface area contributed by atoms with E-state index in [0.717, 1.165) is 0 Å². The van der Waals surface area contributed by atoms with Gasteiger partial charge in [-0.05, 0) is 26.5 Å². The number of rotatable bonds is 7. The fourth-order valence-electron chi connectivity index (χ4n) is 2.23. The normalized spacial score (nSPS) is 13.6. The van der Waals surface area contributed by atoms with Crippen LogP contribution in [0.25, 0.3) is 0 Å². The Labute approximate surface area is 129 Å². The molecule has 0 saturated heterocycles. The molecule has 120 valence electrons. The molecule has 1 unspecified atom stereocenters. The number of aryl methyl sites for hydroxylation is 2. The summed E-state index contributed by atoms with van der Waals surface area (Å²) in [5.74, 6) is -0.445. The molecular weight excluding hydrogens is 314 g/mol. The van der Waals surface area contributed by atoms with Crippen LogP contribution in [0.15, 0.2) is 9.31 Å². The van der Waals surface area contributed by atoms with Crippen molar-refractivity contribution in [1.29, 1.82) is 0 Å². The van der Waals surface area contributed by atoms with Crippen LogP contribution in [0.2, 0.25) is 0 Å². The Hall–Kier alpha value is -0.990. The van der Waals surface area contributed by atoms with Crippen LogP contribution in [0.5, 0.6) is 0 Å². The van der Waals surface area contributed by atoms with Gasteiger partial charge in [-0.1, -0.05) is 6.92 Å². The van der Waals surface area contributed by atoms with Gasteiger partial charge in [0.1, 0.15) is 22.0 Å². The molecule has 8 heteroatoms. The fraction of sp³-hybridized carbons (Fsp3) is 0.615. The summed E-state index contributed by atoms with van der Waals surface area (Å²) in [6, 6.07) is -0.193. The highest BCUT2D eigenvalue weighted by Gasteiger charge is 2.35. The number of hydrogen-bond acceptors (Lipinski definition) is 5. The number of thioether (sulfide) groups is 1. The van der Waals surface area contributed by atoms with Crippen molar-refractivity contribution in [3.05, 3.63) is 17.1 Å². The third-order valence-electron chi connectivity index (χ3n) is 3.40. The lowest BCUT2D eigenvalue weighted by atomic mass is 10.2. The molecule has 0 radical (unpaired) electrons. The molecule has 1 N–H and O–H groups in total. The van der Waals surface area contributed by atoms with E-state index in [1.54, 1.807) is 11.8 Å². The topological polar surface area (TPSA) is 87.8 Å². The van der Waals surface area contributed by atoms with Crippen LogP contribution >= 0.6 is 11.8 Å². The molecule has 0 aliphatic heterocycles. The molecule has 1 aromatic heterocycles. The number of furan rings is 1. The maximum absolute atomic E-state index is 12.8. The van der Waals surface area contributed by atoms with Crippen LogP contribution in [0.1, 0.15) is 35.2 Å². The summed E-state index contributed by atoms with van der Waals surface area (Å²) in [5.41, 5.74) is -0.279. The number of aromatic carboxylic acids is 1. The molecule has 0 saturated carbocycles. The lowest BCUT2D eigenvalue weighted by molar-refractivity contribution is 0.0691. The SMILES string of the molecule is CCC(CSC)N(C)S(=O)(=O)c1c(C)oc(C)c1C(=O)O. The Morgan fingerprint density at radius 2 is 1.95 bits per heavy atom. The minimum atomic E-state index is -3.91. The van der Waals surface area contributed by atoms with E-state index in [0.29, 0.717) is 12.2 Å². The van der Waals surface area contributed by atoms with Crippen molar-refractivity contribution in [2.75, 3.05) is 19.1 Å². The summed E-state index contributed by atoms with van der Waals surface area (Å²) in [5, 5.41) is 9.26. The fourth-order valence-corrected chi connectivity index (χ4v) is 4.97. The maximum atomic E-state index is 12.8. The number of sulfonamides is 1. The van der Waals surface area contributed by atoms with Gasteiger partial charge in [-0.2, -0.15) is 16.1 Å². The van der Waals surface area contributed by atoms with Gasteiger partial charge in [0.05, 0.1) is 0 Å². The molecule has 0 fully saturated rings. The first-order valence-electron chi connectivity index (χ1n) is 6.48. The molecule has 0 bridgehead atoms. The molecule has 6 nitrogen and oxygen atoms in total. The van der Waals surface area contributed by atoms with Crippen LogP contribution < -0.4 is 0 Å². The lowest BCUT2D eigenvalue weighted by Crippen LogP contribution is -2.39. The Morgan fingerprint density at radius 3 is 2.38 bits per heavy atom. The van der Waals surface area contributed by atoms with Crippen molar-refractivity contribution in [3.8, 4) is 0 Å². The van der Waals surface area contributed by atoms with E-state index in [2.05, 4.69) is 0 Å². The zero-order chi connectivity index (χ0) is 16.4. The second-order valence-corrected chi connectivity index (χ2v) is 7.61. The molecule has 0 aliphatic carbocycles. The van der Waals surface area contributed by atoms with Gasteiger partial charge in [-0.15, -0.1) is 0 Å². The van der Waals surface area contributed by atoms with E-state index in [-0.39, 0.29) is 28.0 Å². The second kappa shape index (κ2) is 6.85. The van der Waals surface area contributed by atoms with E-state index in [4.69, 9.17) is 4.42 Å². The minimum Gasteiger partial charge on any atom is -0.478 e. The van der Waals surface area contributed by atoms with E-state index < -0.39 is 16.0 Å². The number of hydrogen-bond donors (Lipinski definition) is 1. The minimum absolute atomic E-state index is 0.102. The predicted octanol–water partition coefficient (Wildman–Crippen LogP) is 2.36. The van der Waals surface area contributed by atoms with Gasteiger partial charge in [-0.3, -0.25) is 0 Å². The highest BCUT2D eigenvalue weighted by molar-refractivity contribution is 7.98. The third kappa shape index (κ3) is 3.44. The van der Waals surface area contributed by atoms with Gasteiger partial charge in [0.25, 0.3) is 0 Å². The first-order valence-corrected chi connectivity index (χ1v) is 9.32. The van der Waals surface area contributed by atoms with Gasteiger partial charge >= 0.3 is 5.97 Å². The average molecular weight is 335 g/mol. The Balaban J connectivity index is 3.41. The molecule has 1 heterocycles. The molecule has 0 aliphatic rings. The molecule has 0 amide bonds. The van der Waals surface area contributed by atoms with Crippen molar-refractivity contribution in [3.63, 3.8) is 0 Å². The van der Waals surface area contributed by atoms with Gasteiger partial charge in [0.15, 0.2) is 0 Å². The molecule has 0 spiro atoms. The summed E-state index contributed by atoms with van der Waals surface area (Å²) < 4.78 is 32.0. The molecule has 1 aromatic rings. The van der Waals surface area contributed by atoms with E-state index in [1.807, 2.05) is 13.2 Å². The van der Waals surface area contributed by atoms with Crippen molar-refractivity contribution >= 4 is 27.8 Å². The van der Waals surface area contributed by atoms with Crippen molar-refractivity contribution < 1.29 is 22.7 Å². The lowest BCUT2D eigenvalue weighted by Gasteiger charge is -2.26. The average Bonchev–Trinajstić information content (AvgIpc) is 2.70. The van der Waals surface area contributed by atoms with Crippen molar-refractivity contribution in [2.24, 2.45) is 0 Å². The van der Waals surface area contributed by atoms with Crippen molar-refractivity contribution in [1.82, 2.24) is 4.31 Å². The van der Waals surface area contributed by atoms with Crippen LogP contribution in [0, 0.1) is 13.8 Å². The second-order valence-electron chi connectivity index (χ2n) is 4.76. The van der Waals surface area contributed by atoms with E-state index in [1.165, 1.54) is 25.2 Å². The quantitative estimate of drug-likeness (QED) is 0.823. The standard InChI is InChI=1S/C13H21NO5S2/c1-6-10(7-20-5)14(4)21(17,18)12-9(3)19-8(2)11(12)13(15)16/h10H,6-7H2,1-5H3,(H,15,16). The summed E-state index contributed by atoms with van der Waals surface area (Å²) >= 11 is 1.55. The van der Waals surface area contributed by atoms with Crippen LogP contribution in [-0.2, 0) is 10.0 Å². The van der Waals surface area contributed by atoms with Gasteiger partial charge in [0.2, 0.25) is 10.0 Å². The summed E-state index contributed by atoms with van der Waals surface area (Å²) in [6.45, 7) is 4.82. The summed E-state index contributed by atoms with van der Waals surface area (Å²) in [4.78, 5) is 11.1. The van der Waals surface area contributed by atoms with Crippen LogP contribution in [0.3, 0.4) is 0 Å². The monoisotopic (exact) mass is 335 g/mol. The van der Waals surface area contributed by atoms with Gasteiger partial charge < -0.3 is 9.52 Å². The number of carbonyl (C=O) groups is 1. The molecule has 1 rings (SSSR count). The number of carboxylic acids is 1.